The van der Waals surface area contributed by atoms with Gasteiger partial charge in [-0.05, 0) is 59.6 Å². The molecule has 0 aromatic heterocycles. The highest BCUT2D eigenvalue weighted by Gasteiger charge is 2.27. The molecular formula is C31H42N2O5. The Morgan fingerprint density at radius 2 is 1.61 bits per heavy atom. The van der Waals surface area contributed by atoms with E-state index in [2.05, 4.69) is 42.3 Å². The van der Waals surface area contributed by atoms with Gasteiger partial charge in [-0.2, -0.15) is 0 Å². The monoisotopic (exact) mass is 522 g/mol. The van der Waals surface area contributed by atoms with Crippen molar-refractivity contribution < 1.29 is 23.8 Å². The van der Waals surface area contributed by atoms with Crippen molar-refractivity contribution in [3.05, 3.63) is 65.2 Å². The molecule has 2 amide bonds. The summed E-state index contributed by atoms with van der Waals surface area (Å²) in [6.45, 7) is 10.5. The summed E-state index contributed by atoms with van der Waals surface area (Å²) in [5, 5.41) is 5.90. The number of ether oxygens (including phenoxy) is 3. The molecule has 0 spiro atoms. The van der Waals surface area contributed by atoms with E-state index < -0.39 is 0 Å². The van der Waals surface area contributed by atoms with Crippen LogP contribution in [0.4, 0.5) is 0 Å². The van der Waals surface area contributed by atoms with Crippen molar-refractivity contribution in [1.29, 1.82) is 0 Å². The molecule has 0 saturated heterocycles. The van der Waals surface area contributed by atoms with Crippen LogP contribution >= 0.6 is 0 Å². The molecule has 1 aliphatic carbocycles. The van der Waals surface area contributed by atoms with Gasteiger partial charge < -0.3 is 24.8 Å². The van der Waals surface area contributed by atoms with Gasteiger partial charge in [0.05, 0.1) is 13.2 Å². The molecule has 1 aliphatic rings. The van der Waals surface area contributed by atoms with E-state index in [1.165, 1.54) is 0 Å². The Kier molecular flexibility index (Phi) is 12.5. The standard InChI is InChI=1S/C31H42N2O5/c1-4-5-18-37-20-15-32-29(34)12-6-9-24-13-14-26-28(22-24)23(2)25-10-7-11-27(30(25)26)31(35)33-16-21-38-19-8-17-36-3/h7,10-11,13-14,22H,2,4-6,8-9,12,15-21H2,1,3H3,(H,32,34)(H,33,35). The van der Waals surface area contributed by atoms with Crippen molar-refractivity contribution >= 4 is 17.4 Å². The SMILES string of the molecule is C=C1c2cc(CCCC(=O)NCCOCCCC)ccc2-c2c1cccc2C(=O)NCCOCCCOC. The predicted octanol–water partition coefficient (Wildman–Crippen LogP) is 4.77. The minimum Gasteiger partial charge on any atom is -0.385 e. The maximum atomic E-state index is 13.0. The highest BCUT2D eigenvalue weighted by Crippen LogP contribution is 2.45. The van der Waals surface area contributed by atoms with Crippen LogP contribution in [0.3, 0.4) is 0 Å². The fourth-order valence-corrected chi connectivity index (χ4v) is 4.53. The molecule has 7 nitrogen and oxygen atoms in total. The zero-order valence-electron chi connectivity index (χ0n) is 22.9. The normalized spacial score (nSPS) is 11.8. The van der Waals surface area contributed by atoms with Crippen LogP contribution in [-0.2, 0) is 25.4 Å². The minimum atomic E-state index is -0.117. The molecule has 0 saturated carbocycles. The lowest BCUT2D eigenvalue weighted by Crippen LogP contribution is -2.28. The Balaban J connectivity index is 1.52. The van der Waals surface area contributed by atoms with Gasteiger partial charge in [0, 0.05) is 57.6 Å². The van der Waals surface area contributed by atoms with Gasteiger partial charge in [-0.15, -0.1) is 0 Å². The molecule has 206 valence electrons. The molecular weight excluding hydrogens is 480 g/mol. The molecule has 0 unspecified atom stereocenters. The molecule has 0 heterocycles. The van der Waals surface area contributed by atoms with E-state index in [1.807, 2.05) is 18.2 Å². The topological polar surface area (TPSA) is 85.9 Å². The van der Waals surface area contributed by atoms with Gasteiger partial charge in [0.1, 0.15) is 0 Å². The van der Waals surface area contributed by atoms with Crippen molar-refractivity contribution in [3.8, 4) is 11.1 Å². The molecule has 2 N–H and O–H groups in total. The third kappa shape index (κ3) is 8.51. The number of nitrogens with one attached hydrogen (secondary N) is 2. The molecule has 0 bridgehead atoms. The van der Waals surface area contributed by atoms with E-state index in [0.717, 1.165) is 72.1 Å². The van der Waals surface area contributed by atoms with Crippen molar-refractivity contribution in [3.63, 3.8) is 0 Å². The van der Waals surface area contributed by atoms with Gasteiger partial charge in [-0.3, -0.25) is 9.59 Å². The first-order chi connectivity index (χ1) is 18.6. The van der Waals surface area contributed by atoms with Crippen molar-refractivity contribution in [2.75, 3.05) is 53.2 Å². The molecule has 38 heavy (non-hydrogen) atoms. The molecule has 2 aromatic carbocycles. The first-order valence-corrected chi connectivity index (χ1v) is 13.7. The third-order valence-corrected chi connectivity index (χ3v) is 6.56. The van der Waals surface area contributed by atoms with E-state index in [-0.39, 0.29) is 11.8 Å². The quantitative estimate of drug-likeness (QED) is 0.235. The van der Waals surface area contributed by atoms with Crippen LogP contribution in [0, 0.1) is 0 Å². The second kappa shape index (κ2) is 16.1. The number of carbonyl (C=O) groups excluding carboxylic acids is 2. The number of hydrogen-bond acceptors (Lipinski definition) is 5. The number of aryl methyl sites for hydroxylation is 1. The van der Waals surface area contributed by atoms with Gasteiger partial charge in [-0.25, -0.2) is 0 Å². The van der Waals surface area contributed by atoms with Crippen LogP contribution in [0.5, 0.6) is 0 Å². The van der Waals surface area contributed by atoms with Crippen LogP contribution in [0.1, 0.15) is 66.1 Å². The van der Waals surface area contributed by atoms with Gasteiger partial charge >= 0.3 is 0 Å². The first kappa shape index (κ1) is 29.6. The second-order valence-corrected chi connectivity index (χ2v) is 9.47. The number of benzene rings is 2. The fraction of sp³-hybridized carbons (Fsp3) is 0.484. The van der Waals surface area contributed by atoms with Crippen LogP contribution in [0.25, 0.3) is 16.7 Å². The third-order valence-electron chi connectivity index (χ3n) is 6.56. The summed E-state index contributed by atoms with van der Waals surface area (Å²) in [6.07, 6.45) is 5.04. The van der Waals surface area contributed by atoms with Crippen molar-refractivity contribution in [1.82, 2.24) is 10.6 Å². The van der Waals surface area contributed by atoms with Crippen molar-refractivity contribution in [2.45, 2.75) is 45.4 Å². The van der Waals surface area contributed by atoms with E-state index in [9.17, 15) is 9.59 Å². The molecule has 7 heteroatoms. The summed E-state index contributed by atoms with van der Waals surface area (Å²) < 4.78 is 16.0. The predicted molar refractivity (Wildman–Crippen MR) is 151 cm³/mol. The number of carbonyl (C=O) groups is 2. The maximum Gasteiger partial charge on any atom is 0.252 e. The zero-order chi connectivity index (χ0) is 27.2. The summed E-state index contributed by atoms with van der Waals surface area (Å²) in [4.78, 5) is 25.1. The second-order valence-electron chi connectivity index (χ2n) is 9.47. The number of hydrogen-bond donors (Lipinski definition) is 2. The van der Waals surface area contributed by atoms with Gasteiger partial charge in [-0.1, -0.05) is 50.3 Å². The summed E-state index contributed by atoms with van der Waals surface area (Å²) >= 11 is 0. The Bertz CT molecular complexity index is 1080. The summed E-state index contributed by atoms with van der Waals surface area (Å²) in [5.41, 5.74) is 6.71. The molecule has 2 aromatic rings. The Morgan fingerprint density at radius 3 is 2.37 bits per heavy atom. The lowest BCUT2D eigenvalue weighted by Gasteiger charge is -2.11. The Labute approximate surface area is 226 Å². The van der Waals surface area contributed by atoms with Gasteiger partial charge in [0.25, 0.3) is 5.91 Å². The van der Waals surface area contributed by atoms with Gasteiger partial charge in [0.2, 0.25) is 5.91 Å². The van der Waals surface area contributed by atoms with Crippen molar-refractivity contribution in [2.24, 2.45) is 0 Å². The summed E-state index contributed by atoms with van der Waals surface area (Å²) in [6, 6.07) is 12.1. The first-order valence-electron chi connectivity index (χ1n) is 13.7. The Hall–Kier alpha value is -3.00. The number of amides is 2. The number of rotatable bonds is 18. The number of fused-ring (bicyclic) bond motifs is 3. The van der Waals surface area contributed by atoms with E-state index in [4.69, 9.17) is 14.2 Å². The largest absolute Gasteiger partial charge is 0.385 e. The van der Waals surface area contributed by atoms with Crippen LogP contribution in [0.2, 0.25) is 0 Å². The highest BCUT2D eigenvalue weighted by molar-refractivity contribution is 6.10. The van der Waals surface area contributed by atoms with Crippen LogP contribution in [0.15, 0.2) is 43.0 Å². The van der Waals surface area contributed by atoms with E-state index >= 15 is 0 Å². The van der Waals surface area contributed by atoms with Crippen LogP contribution < -0.4 is 10.6 Å². The zero-order valence-corrected chi connectivity index (χ0v) is 22.9. The molecule has 0 fully saturated rings. The van der Waals surface area contributed by atoms with Crippen LogP contribution in [-0.4, -0.2) is 65.0 Å². The summed E-state index contributed by atoms with van der Waals surface area (Å²) in [7, 11) is 1.67. The van der Waals surface area contributed by atoms with E-state index in [0.29, 0.717) is 51.5 Å². The van der Waals surface area contributed by atoms with Gasteiger partial charge in [0.15, 0.2) is 0 Å². The highest BCUT2D eigenvalue weighted by atomic mass is 16.5. The minimum absolute atomic E-state index is 0.0538. The molecule has 0 atom stereocenters. The number of methoxy groups -OCH3 is 1. The van der Waals surface area contributed by atoms with E-state index in [1.54, 1.807) is 7.11 Å². The lowest BCUT2D eigenvalue weighted by atomic mass is 9.97. The lowest BCUT2D eigenvalue weighted by molar-refractivity contribution is -0.121. The summed E-state index contributed by atoms with van der Waals surface area (Å²) in [5.74, 6) is -0.0630. The number of unbranched alkanes of at least 4 members (excludes halogenated alkanes) is 1. The molecule has 3 rings (SSSR count). The average Bonchev–Trinajstić information content (AvgIpc) is 3.21. The molecule has 0 radical (unpaired) electrons. The fourth-order valence-electron chi connectivity index (χ4n) is 4.53. The Morgan fingerprint density at radius 1 is 0.842 bits per heavy atom. The molecule has 0 aliphatic heterocycles. The average molecular weight is 523 g/mol. The smallest absolute Gasteiger partial charge is 0.252 e. The maximum absolute atomic E-state index is 13.0.